The van der Waals surface area contributed by atoms with Crippen molar-refractivity contribution in [2.75, 3.05) is 11.1 Å². The second-order valence-electron chi connectivity index (χ2n) is 3.40. The van der Waals surface area contributed by atoms with Crippen molar-refractivity contribution >= 4 is 38.8 Å². The van der Waals surface area contributed by atoms with Crippen molar-refractivity contribution in [1.29, 1.82) is 0 Å². The molecule has 0 unspecified atom stereocenters. The molecule has 3 N–H and O–H groups in total. The number of nitrogens with zero attached hydrogens (tertiary/aromatic N) is 2. The van der Waals surface area contributed by atoms with Crippen LogP contribution in [0.1, 0.15) is 28.0 Å². The quantitative estimate of drug-likeness (QED) is 0.895. The summed E-state index contributed by atoms with van der Waals surface area (Å²) in [6.07, 6.45) is 0.863. The van der Waals surface area contributed by atoms with E-state index in [1.807, 2.05) is 13.8 Å². The van der Waals surface area contributed by atoms with E-state index in [0.29, 0.717) is 16.0 Å². The molecule has 0 bridgehead atoms. The van der Waals surface area contributed by atoms with Crippen molar-refractivity contribution in [3.8, 4) is 0 Å². The molecular weight excluding hydrogens is 256 g/mol. The Kier molecular flexibility index (Phi) is 3.39. The van der Waals surface area contributed by atoms with Crippen LogP contribution < -0.4 is 11.1 Å². The summed E-state index contributed by atoms with van der Waals surface area (Å²) >= 11 is 2.72. The van der Waals surface area contributed by atoms with Crippen LogP contribution in [0.5, 0.6) is 0 Å². The van der Waals surface area contributed by atoms with E-state index < -0.39 is 0 Å². The molecule has 5 nitrogen and oxygen atoms in total. The molecule has 2 aromatic heterocycles. The highest BCUT2D eigenvalue weighted by atomic mass is 32.1. The number of nitrogens with two attached hydrogens (primary N) is 1. The lowest BCUT2D eigenvalue weighted by Gasteiger charge is -1.96. The first-order valence-corrected chi connectivity index (χ1v) is 6.78. The smallest absolute Gasteiger partial charge is 0.276 e. The van der Waals surface area contributed by atoms with Crippen molar-refractivity contribution in [2.45, 2.75) is 20.3 Å². The van der Waals surface area contributed by atoms with Crippen LogP contribution >= 0.6 is 22.7 Å². The lowest BCUT2D eigenvalue weighted by atomic mass is 10.3. The minimum atomic E-state index is -0.269. The van der Waals surface area contributed by atoms with Gasteiger partial charge in [0.2, 0.25) is 0 Å². The largest absolute Gasteiger partial charge is 0.375 e. The van der Waals surface area contributed by atoms with Crippen molar-refractivity contribution in [2.24, 2.45) is 0 Å². The molecule has 2 heterocycles. The van der Waals surface area contributed by atoms with Gasteiger partial charge in [-0.2, -0.15) is 0 Å². The van der Waals surface area contributed by atoms with E-state index in [1.165, 1.54) is 22.7 Å². The Bertz CT molecular complexity index is 546. The average molecular weight is 268 g/mol. The fourth-order valence-corrected chi connectivity index (χ4v) is 2.80. The van der Waals surface area contributed by atoms with Crippen LogP contribution in [0.15, 0.2) is 5.38 Å². The molecule has 0 atom stereocenters. The Morgan fingerprint density at radius 1 is 1.53 bits per heavy atom. The topological polar surface area (TPSA) is 80.9 Å². The molecule has 0 saturated heterocycles. The molecule has 0 aliphatic heterocycles. The van der Waals surface area contributed by atoms with Crippen LogP contribution in [0.2, 0.25) is 0 Å². The highest BCUT2D eigenvalue weighted by Gasteiger charge is 2.13. The first kappa shape index (κ1) is 12.0. The number of nitrogens with one attached hydrogen (secondary N) is 1. The number of amides is 1. The van der Waals surface area contributed by atoms with Crippen molar-refractivity contribution in [3.05, 3.63) is 21.6 Å². The standard InChI is InChI=1S/C10H12N4OS2/c1-3-6-5(2)17-10(13-6)14-8(15)7-4-16-9(11)12-7/h4H,3H2,1-2H3,(H2,11,12)(H,13,14,15). The van der Waals surface area contributed by atoms with Crippen molar-refractivity contribution in [3.63, 3.8) is 0 Å². The summed E-state index contributed by atoms with van der Waals surface area (Å²) in [4.78, 5) is 21.2. The highest BCUT2D eigenvalue weighted by Crippen LogP contribution is 2.23. The molecule has 0 aromatic carbocycles. The molecule has 0 spiro atoms. The van der Waals surface area contributed by atoms with E-state index in [1.54, 1.807) is 5.38 Å². The SMILES string of the molecule is CCc1nc(NC(=O)c2csc(N)n2)sc1C. The Morgan fingerprint density at radius 3 is 2.82 bits per heavy atom. The predicted molar refractivity (Wildman–Crippen MR) is 70.7 cm³/mol. The van der Waals surface area contributed by atoms with Crippen LogP contribution in [-0.2, 0) is 6.42 Å². The molecule has 0 radical (unpaired) electrons. The van der Waals surface area contributed by atoms with Crippen LogP contribution in [0.4, 0.5) is 10.3 Å². The summed E-state index contributed by atoms with van der Waals surface area (Å²) in [7, 11) is 0. The van der Waals surface area contributed by atoms with Gasteiger partial charge in [-0.3, -0.25) is 10.1 Å². The third-order valence-electron chi connectivity index (χ3n) is 2.20. The van der Waals surface area contributed by atoms with Gasteiger partial charge in [-0.15, -0.1) is 22.7 Å². The normalized spacial score (nSPS) is 10.5. The maximum absolute atomic E-state index is 11.8. The maximum Gasteiger partial charge on any atom is 0.276 e. The second-order valence-corrected chi connectivity index (χ2v) is 5.49. The summed E-state index contributed by atoms with van der Waals surface area (Å²) < 4.78 is 0. The van der Waals surface area contributed by atoms with Gasteiger partial charge in [-0.25, -0.2) is 9.97 Å². The molecule has 0 aliphatic rings. The zero-order chi connectivity index (χ0) is 12.4. The van der Waals surface area contributed by atoms with Gasteiger partial charge in [0.15, 0.2) is 10.3 Å². The second kappa shape index (κ2) is 4.80. The van der Waals surface area contributed by atoms with Gasteiger partial charge >= 0.3 is 0 Å². The third-order valence-corrected chi connectivity index (χ3v) is 3.81. The minimum Gasteiger partial charge on any atom is -0.375 e. The number of aromatic nitrogens is 2. The fourth-order valence-electron chi connectivity index (χ4n) is 1.36. The number of rotatable bonds is 3. The predicted octanol–water partition coefficient (Wildman–Crippen LogP) is 2.30. The number of carbonyl (C=O) groups is 1. The van der Waals surface area contributed by atoms with E-state index >= 15 is 0 Å². The maximum atomic E-state index is 11.8. The molecule has 90 valence electrons. The van der Waals surface area contributed by atoms with Crippen LogP contribution in [0.3, 0.4) is 0 Å². The van der Waals surface area contributed by atoms with Gasteiger partial charge in [-0.05, 0) is 13.3 Å². The Labute approximate surface area is 107 Å². The average Bonchev–Trinajstić information content (AvgIpc) is 2.85. The van der Waals surface area contributed by atoms with E-state index in [9.17, 15) is 4.79 Å². The summed E-state index contributed by atoms with van der Waals surface area (Å²) in [5.74, 6) is -0.269. The van der Waals surface area contributed by atoms with E-state index in [-0.39, 0.29) is 5.91 Å². The molecule has 0 fully saturated rings. The highest BCUT2D eigenvalue weighted by molar-refractivity contribution is 7.16. The van der Waals surface area contributed by atoms with Crippen LogP contribution in [0.25, 0.3) is 0 Å². The number of nitrogen functional groups attached to an aromatic ring is 1. The lowest BCUT2D eigenvalue weighted by molar-refractivity contribution is 0.102. The van der Waals surface area contributed by atoms with E-state index in [4.69, 9.17) is 5.73 Å². The lowest BCUT2D eigenvalue weighted by Crippen LogP contribution is -2.12. The number of anilines is 2. The number of aryl methyl sites for hydroxylation is 2. The molecule has 2 rings (SSSR count). The van der Waals surface area contributed by atoms with Gasteiger partial charge in [0.25, 0.3) is 5.91 Å². The van der Waals surface area contributed by atoms with E-state index in [2.05, 4.69) is 15.3 Å². The molecule has 0 aliphatic carbocycles. The minimum absolute atomic E-state index is 0.269. The van der Waals surface area contributed by atoms with Gasteiger partial charge in [-0.1, -0.05) is 6.92 Å². The molecule has 17 heavy (non-hydrogen) atoms. The summed E-state index contributed by atoms with van der Waals surface area (Å²) in [6, 6.07) is 0. The number of hydrogen-bond donors (Lipinski definition) is 2. The van der Waals surface area contributed by atoms with Gasteiger partial charge in [0.05, 0.1) is 5.69 Å². The van der Waals surface area contributed by atoms with Gasteiger partial charge in [0.1, 0.15) is 5.69 Å². The Morgan fingerprint density at radius 2 is 2.29 bits per heavy atom. The molecule has 2 aromatic rings. The molecule has 1 amide bonds. The third kappa shape index (κ3) is 2.62. The van der Waals surface area contributed by atoms with Crippen molar-refractivity contribution in [1.82, 2.24) is 9.97 Å². The van der Waals surface area contributed by atoms with Crippen molar-refractivity contribution < 1.29 is 4.79 Å². The first-order chi connectivity index (χ1) is 8.10. The fraction of sp³-hybridized carbons (Fsp3) is 0.300. The summed E-state index contributed by atoms with van der Waals surface area (Å²) in [5, 5.41) is 5.35. The number of hydrogen-bond acceptors (Lipinski definition) is 6. The molecular formula is C10H12N4OS2. The first-order valence-electron chi connectivity index (χ1n) is 5.08. The monoisotopic (exact) mass is 268 g/mol. The summed E-state index contributed by atoms with van der Waals surface area (Å²) in [6.45, 7) is 4.03. The summed E-state index contributed by atoms with van der Waals surface area (Å²) in [5.41, 5.74) is 6.82. The van der Waals surface area contributed by atoms with Gasteiger partial charge in [0, 0.05) is 10.3 Å². The Hall–Kier alpha value is -1.47. The Balaban J connectivity index is 2.12. The zero-order valence-corrected chi connectivity index (χ0v) is 11.1. The van der Waals surface area contributed by atoms with Crippen LogP contribution in [-0.4, -0.2) is 15.9 Å². The molecule has 7 heteroatoms. The molecule has 0 saturated carbocycles. The van der Waals surface area contributed by atoms with Gasteiger partial charge < -0.3 is 5.73 Å². The van der Waals surface area contributed by atoms with Crippen LogP contribution in [0, 0.1) is 6.92 Å². The number of thiazole rings is 2. The number of carbonyl (C=O) groups excluding carboxylic acids is 1. The van der Waals surface area contributed by atoms with E-state index in [0.717, 1.165) is 17.0 Å². The zero-order valence-electron chi connectivity index (χ0n) is 9.48.